The van der Waals surface area contributed by atoms with E-state index < -0.39 is 11.2 Å². The molecule has 0 aromatic carbocycles. The van der Waals surface area contributed by atoms with Crippen molar-refractivity contribution in [1.82, 2.24) is 24.0 Å². The van der Waals surface area contributed by atoms with E-state index in [1.54, 1.807) is 23.6 Å². The van der Waals surface area contributed by atoms with Gasteiger partial charge in [-0.3, -0.25) is 0 Å². The Morgan fingerprint density at radius 1 is 1.19 bits per heavy atom. The van der Waals surface area contributed by atoms with Gasteiger partial charge >= 0.3 is 6.09 Å². The maximum atomic E-state index is 12.0. The molecule has 3 heterocycles. The third kappa shape index (κ3) is 5.32. The van der Waals surface area contributed by atoms with Gasteiger partial charge in [-0.25, -0.2) is 14.8 Å². The molecule has 0 unspecified atom stereocenters. The lowest BCUT2D eigenvalue weighted by molar-refractivity contribution is -0.0423. The Labute approximate surface area is 154 Å². The highest BCUT2D eigenvalue weighted by atomic mass is 16.6. The predicted molar refractivity (Wildman–Crippen MR) is 97.4 cm³/mol. The molecule has 1 fully saturated rings. The van der Waals surface area contributed by atoms with Crippen molar-refractivity contribution >= 4 is 6.09 Å². The fourth-order valence-corrected chi connectivity index (χ4v) is 2.75. The van der Waals surface area contributed by atoms with Gasteiger partial charge in [0.25, 0.3) is 0 Å². The van der Waals surface area contributed by atoms with Crippen molar-refractivity contribution in [2.75, 3.05) is 13.1 Å². The number of hydrogen-bond donors (Lipinski definition) is 1. The summed E-state index contributed by atoms with van der Waals surface area (Å²) >= 11 is 0. The molecule has 2 aromatic rings. The van der Waals surface area contributed by atoms with E-state index in [4.69, 9.17) is 4.74 Å². The minimum Gasteiger partial charge on any atom is -0.444 e. The lowest BCUT2D eigenvalue weighted by Gasteiger charge is -2.38. The van der Waals surface area contributed by atoms with Crippen molar-refractivity contribution in [2.24, 2.45) is 14.1 Å². The first kappa shape index (κ1) is 20.0. The molecule has 1 aliphatic rings. The van der Waals surface area contributed by atoms with Crippen LogP contribution in [0.3, 0.4) is 0 Å². The lowest BCUT2D eigenvalue weighted by atomic mass is 9.90. The van der Waals surface area contributed by atoms with Crippen LogP contribution in [0.4, 0.5) is 4.79 Å². The summed E-state index contributed by atoms with van der Waals surface area (Å²) in [5.74, 6) is 0.654. The van der Waals surface area contributed by atoms with Crippen LogP contribution in [0.5, 0.6) is 0 Å². The molecule has 1 aliphatic heterocycles. The molecule has 2 aromatic heterocycles. The third-order valence-electron chi connectivity index (χ3n) is 4.12. The van der Waals surface area contributed by atoms with Crippen molar-refractivity contribution in [1.29, 1.82) is 0 Å². The Morgan fingerprint density at radius 2 is 1.85 bits per heavy atom. The van der Waals surface area contributed by atoms with Gasteiger partial charge < -0.3 is 23.9 Å². The van der Waals surface area contributed by atoms with Crippen LogP contribution in [0.2, 0.25) is 0 Å². The van der Waals surface area contributed by atoms with Crippen LogP contribution in [0, 0.1) is 0 Å². The van der Waals surface area contributed by atoms with Gasteiger partial charge in [0.2, 0.25) is 0 Å². The fourth-order valence-electron chi connectivity index (χ4n) is 2.75. The number of aliphatic hydroxyl groups is 1. The number of likely N-dealkylation sites (tertiary alicyclic amines) is 1. The summed E-state index contributed by atoms with van der Waals surface area (Å²) in [6.07, 6.45) is 9.49. The number of imidazole rings is 2. The number of nitrogens with zero attached hydrogens (tertiary/aromatic N) is 5. The molecule has 0 atom stereocenters. The van der Waals surface area contributed by atoms with Crippen molar-refractivity contribution < 1.29 is 14.6 Å². The SMILES string of the molecule is Cn1ccnc1.Cn1ccnc1C1(O)CCN(C(=O)OC(C)(C)C)CC1. The summed E-state index contributed by atoms with van der Waals surface area (Å²) < 4.78 is 9.06. The topological polar surface area (TPSA) is 85.4 Å². The van der Waals surface area contributed by atoms with Gasteiger partial charge in [0.1, 0.15) is 17.0 Å². The van der Waals surface area contributed by atoms with Crippen LogP contribution < -0.4 is 0 Å². The molecule has 1 saturated heterocycles. The average molecular weight is 363 g/mol. The maximum Gasteiger partial charge on any atom is 0.410 e. The van der Waals surface area contributed by atoms with Crippen LogP contribution in [-0.2, 0) is 24.4 Å². The molecule has 1 amide bonds. The first-order valence-electron chi connectivity index (χ1n) is 8.71. The lowest BCUT2D eigenvalue weighted by Crippen LogP contribution is -2.47. The fraction of sp³-hybridized carbons (Fsp3) is 0.611. The van der Waals surface area contributed by atoms with Crippen molar-refractivity contribution in [3.8, 4) is 0 Å². The highest BCUT2D eigenvalue weighted by molar-refractivity contribution is 5.68. The van der Waals surface area contributed by atoms with E-state index in [1.807, 2.05) is 56.4 Å². The van der Waals surface area contributed by atoms with Gasteiger partial charge in [0.05, 0.1) is 6.33 Å². The van der Waals surface area contributed by atoms with Gasteiger partial charge in [-0.1, -0.05) is 0 Å². The molecular weight excluding hydrogens is 334 g/mol. The van der Waals surface area contributed by atoms with Crippen molar-refractivity contribution in [3.63, 3.8) is 0 Å². The van der Waals surface area contributed by atoms with E-state index in [9.17, 15) is 9.90 Å². The van der Waals surface area contributed by atoms with E-state index in [1.165, 1.54) is 0 Å². The predicted octanol–water partition coefficient (Wildman–Crippen LogP) is 2.06. The average Bonchev–Trinajstić information content (AvgIpc) is 3.18. The molecule has 3 rings (SSSR count). The molecule has 1 N–H and O–H groups in total. The second-order valence-electron chi connectivity index (χ2n) is 7.59. The first-order chi connectivity index (χ1) is 12.1. The van der Waals surface area contributed by atoms with Gasteiger partial charge in [-0.2, -0.15) is 0 Å². The maximum absolute atomic E-state index is 12.0. The summed E-state index contributed by atoms with van der Waals surface area (Å²) in [4.78, 5) is 21.6. The molecule has 0 spiro atoms. The number of rotatable bonds is 1. The zero-order chi connectivity index (χ0) is 19.4. The smallest absolute Gasteiger partial charge is 0.410 e. The van der Waals surface area contributed by atoms with Crippen LogP contribution >= 0.6 is 0 Å². The Hall–Kier alpha value is -2.35. The van der Waals surface area contributed by atoms with E-state index in [2.05, 4.69) is 9.97 Å². The molecule has 0 bridgehead atoms. The highest BCUT2D eigenvalue weighted by Gasteiger charge is 2.39. The van der Waals surface area contributed by atoms with E-state index in [-0.39, 0.29) is 6.09 Å². The molecule has 0 aliphatic carbocycles. The molecule has 0 saturated carbocycles. The van der Waals surface area contributed by atoms with E-state index in [0.29, 0.717) is 31.8 Å². The second kappa shape index (κ2) is 7.90. The Bertz CT molecular complexity index is 695. The number of piperidine rings is 1. The number of aromatic nitrogens is 4. The van der Waals surface area contributed by atoms with Gasteiger partial charge in [0.15, 0.2) is 0 Å². The monoisotopic (exact) mass is 363 g/mol. The molecule has 144 valence electrons. The quantitative estimate of drug-likeness (QED) is 0.838. The van der Waals surface area contributed by atoms with Crippen LogP contribution in [0.15, 0.2) is 31.1 Å². The molecular formula is C18H29N5O3. The Kier molecular flexibility index (Phi) is 6.07. The first-order valence-corrected chi connectivity index (χ1v) is 8.71. The molecule has 26 heavy (non-hydrogen) atoms. The van der Waals surface area contributed by atoms with E-state index >= 15 is 0 Å². The third-order valence-corrected chi connectivity index (χ3v) is 4.12. The largest absolute Gasteiger partial charge is 0.444 e. The Morgan fingerprint density at radius 3 is 2.23 bits per heavy atom. The number of ether oxygens (including phenoxy) is 1. The molecule has 8 nitrogen and oxygen atoms in total. The number of amides is 1. The summed E-state index contributed by atoms with van der Waals surface area (Å²) in [5.41, 5.74) is -1.46. The van der Waals surface area contributed by atoms with Gasteiger partial charge in [-0.05, 0) is 20.8 Å². The standard InChI is InChI=1S/C14H23N3O3.C4H6N2/c1-13(2,3)20-12(18)17-8-5-14(19,6-9-17)11-15-7-10-16(11)4;1-6-3-2-5-4-6/h7,10,19H,5-6,8-9H2,1-4H3;2-4H,1H3. The van der Waals surface area contributed by atoms with Crippen LogP contribution in [0.1, 0.15) is 39.4 Å². The number of carbonyl (C=O) groups excluding carboxylic acids is 1. The summed E-state index contributed by atoms with van der Waals surface area (Å²) in [7, 11) is 3.80. The van der Waals surface area contributed by atoms with Crippen LogP contribution in [0.25, 0.3) is 0 Å². The number of aryl methyl sites for hydroxylation is 2. The minimum atomic E-state index is -0.962. The summed E-state index contributed by atoms with van der Waals surface area (Å²) in [6, 6.07) is 0. The van der Waals surface area contributed by atoms with E-state index in [0.717, 1.165) is 0 Å². The van der Waals surface area contributed by atoms with Crippen molar-refractivity contribution in [2.45, 2.75) is 44.8 Å². The second-order valence-corrected chi connectivity index (χ2v) is 7.59. The Balaban J connectivity index is 0.000000342. The zero-order valence-electron chi connectivity index (χ0n) is 16.2. The van der Waals surface area contributed by atoms with Crippen LogP contribution in [-0.4, -0.2) is 53.9 Å². The minimum absolute atomic E-state index is 0.320. The van der Waals surface area contributed by atoms with Crippen molar-refractivity contribution in [3.05, 3.63) is 36.9 Å². The molecule has 8 heteroatoms. The number of carbonyl (C=O) groups is 1. The van der Waals surface area contributed by atoms with Gasteiger partial charge in [-0.15, -0.1) is 0 Å². The number of hydrogen-bond acceptors (Lipinski definition) is 5. The summed E-state index contributed by atoms with van der Waals surface area (Å²) in [5, 5.41) is 10.7. The zero-order valence-corrected chi connectivity index (χ0v) is 16.2. The molecule has 0 radical (unpaired) electrons. The summed E-state index contributed by atoms with van der Waals surface area (Å²) in [6.45, 7) is 6.48. The van der Waals surface area contributed by atoms with Gasteiger partial charge in [0, 0.05) is 64.8 Å². The highest BCUT2D eigenvalue weighted by Crippen LogP contribution is 2.31. The normalized spacial score (nSPS) is 16.6.